The lowest BCUT2D eigenvalue weighted by Crippen LogP contribution is -2.60. The largest absolute Gasteiger partial charge is 0.545 e. The molecular formula is C46H59BrN7O15-. The van der Waals surface area contributed by atoms with Crippen LogP contribution in [0.1, 0.15) is 70.6 Å². The molecule has 0 bridgehead atoms. The van der Waals surface area contributed by atoms with Crippen LogP contribution in [-0.2, 0) is 67.4 Å². The fraction of sp³-hybridized carbons (Fsp3) is 0.413. The van der Waals surface area contributed by atoms with Gasteiger partial charge in [0.05, 0.1) is 26.2 Å². The van der Waals surface area contributed by atoms with Gasteiger partial charge in [0.2, 0.25) is 35.4 Å². The molecule has 0 unspecified atom stereocenters. The summed E-state index contributed by atoms with van der Waals surface area (Å²) in [7, 11) is 0. The lowest BCUT2D eigenvalue weighted by Gasteiger charge is -2.28. The fourth-order valence-electron chi connectivity index (χ4n) is 5.86. The molecule has 0 aromatic heterocycles. The first-order chi connectivity index (χ1) is 32.3. The van der Waals surface area contributed by atoms with Gasteiger partial charge in [0.1, 0.15) is 41.6 Å². The van der Waals surface area contributed by atoms with E-state index in [0.29, 0.717) is 5.56 Å². The van der Waals surface area contributed by atoms with E-state index < -0.39 is 121 Å². The molecule has 69 heavy (non-hydrogen) atoms. The number of benzene rings is 3. The Balaban J connectivity index is 0.00000118. The van der Waals surface area contributed by atoms with E-state index in [-0.39, 0.29) is 25.4 Å². The van der Waals surface area contributed by atoms with Gasteiger partial charge in [-0.1, -0.05) is 84.4 Å². The van der Waals surface area contributed by atoms with Crippen LogP contribution in [0.25, 0.3) is 0 Å². The molecule has 0 spiro atoms. The number of amides is 7. The molecule has 0 radical (unpaired) electrons. The van der Waals surface area contributed by atoms with Gasteiger partial charge in [-0.3, -0.25) is 28.8 Å². The maximum atomic E-state index is 13.8. The Morgan fingerprint density at radius 1 is 0.667 bits per heavy atom. The van der Waals surface area contributed by atoms with Gasteiger partial charge in [-0.05, 0) is 74.1 Å². The number of halogens is 1. The number of nitrogens with one attached hydrogen (secondary N) is 5. The molecule has 3 rings (SSSR count). The van der Waals surface area contributed by atoms with E-state index in [2.05, 4.69) is 47.3 Å². The first-order valence-corrected chi connectivity index (χ1v) is 22.1. The Morgan fingerprint density at radius 3 is 1.72 bits per heavy atom. The first-order valence-electron chi connectivity index (χ1n) is 21.3. The second-order valence-electron chi connectivity index (χ2n) is 16.7. The van der Waals surface area contributed by atoms with E-state index in [1.165, 1.54) is 24.3 Å². The smallest absolute Gasteiger partial charge is 0.408 e. The second kappa shape index (κ2) is 28.8. The molecular weight excluding hydrogens is 970 g/mol. The molecule has 23 heteroatoms. The quantitative estimate of drug-likeness (QED) is 0.0569. The van der Waals surface area contributed by atoms with Crippen LogP contribution in [0.2, 0.25) is 0 Å². The number of carboxylic acid groups (broad SMARTS) is 2. The molecule has 5 atom stereocenters. The highest BCUT2D eigenvalue weighted by atomic mass is 79.9. The average Bonchev–Trinajstić information content (AvgIpc) is 3.26. The van der Waals surface area contributed by atoms with Crippen LogP contribution in [0.3, 0.4) is 0 Å². The normalized spacial score (nSPS) is 13.0. The van der Waals surface area contributed by atoms with Gasteiger partial charge in [0, 0.05) is 17.3 Å². The van der Waals surface area contributed by atoms with Gasteiger partial charge in [0.15, 0.2) is 0 Å². The zero-order valence-electron chi connectivity index (χ0n) is 38.7. The van der Waals surface area contributed by atoms with Crippen molar-refractivity contribution in [1.29, 1.82) is 0 Å². The van der Waals surface area contributed by atoms with E-state index in [1.807, 2.05) is 12.1 Å². The number of hydrogen-bond donors (Lipinski definition) is 9. The van der Waals surface area contributed by atoms with Crippen molar-refractivity contribution in [2.45, 2.75) is 109 Å². The summed E-state index contributed by atoms with van der Waals surface area (Å²) in [5.74, 6) is -7.87. The van der Waals surface area contributed by atoms with E-state index in [4.69, 9.17) is 20.9 Å². The third-order valence-corrected chi connectivity index (χ3v) is 9.79. The monoisotopic (exact) mass is 1030 g/mol. The van der Waals surface area contributed by atoms with Crippen LogP contribution < -0.4 is 43.2 Å². The number of aromatic hydroxyl groups is 1. The third-order valence-electron chi connectivity index (χ3n) is 9.26. The lowest BCUT2D eigenvalue weighted by molar-refractivity contribution is -0.284. The van der Waals surface area contributed by atoms with Crippen molar-refractivity contribution in [2.75, 3.05) is 6.61 Å². The summed E-state index contributed by atoms with van der Waals surface area (Å²) in [6, 6.07) is 14.0. The first kappa shape index (κ1) is 57.9. The van der Waals surface area contributed by atoms with Crippen LogP contribution in [0.5, 0.6) is 5.75 Å². The Labute approximate surface area is 406 Å². The number of hydrogen-bond acceptors (Lipinski definition) is 14. The van der Waals surface area contributed by atoms with Gasteiger partial charge in [-0.2, -0.15) is 0 Å². The van der Waals surface area contributed by atoms with E-state index in [9.17, 15) is 58.5 Å². The molecule has 0 saturated carbocycles. The van der Waals surface area contributed by atoms with Crippen LogP contribution >= 0.6 is 15.9 Å². The number of ether oxygens (including phenoxy) is 3. The maximum absolute atomic E-state index is 13.8. The summed E-state index contributed by atoms with van der Waals surface area (Å²) >= 11 is 3.26. The highest BCUT2D eigenvalue weighted by molar-refractivity contribution is 9.10. The molecule has 3 aromatic rings. The van der Waals surface area contributed by atoms with Gasteiger partial charge in [-0.15, -0.1) is 0 Å². The number of aliphatic carboxylic acids is 1. The third kappa shape index (κ3) is 23.8. The van der Waals surface area contributed by atoms with Gasteiger partial charge >= 0.3 is 12.1 Å². The van der Waals surface area contributed by atoms with E-state index >= 15 is 0 Å². The molecule has 7 amide bonds. The van der Waals surface area contributed by atoms with Gasteiger partial charge < -0.3 is 72.4 Å². The average molecular weight is 1030 g/mol. The zero-order chi connectivity index (χ0) is 51.8. The Bertz CT molecular complexity index is 2210. The minimum absolute atomic E-state index is 0.0177. The van der Waals surface area contributed by atoms with Gasteiger partial charge in [0.25, 0.3) is 6.16 Å². The molecule has 3 aromatic carbocycles. The van der Waals surface area contributed by atoms with Crippen LogP contribution in [-0.4, -0.2) is 106 Å². The summed E-state index contributed by atoms with van der Waals surface area (Å²) in [6.45, 7) is 7.84. The molecule has 0 aliphatic carbocycles. The molecule has 0 fully saturated rings. The van der Waals surface area contributed by atoms with Crippen molar-refractivity contribution in [1.82, 2.24) is 26.6 Å². The van der Waals surface area contributed by atoms with Crippen LogP contribution in [0.4, 0.5) is 9.59 Å². The van der Waals surface area contributed by atoms with Crippen molar-refractivity contribution in [3.63, 3.8) is 0 Å². The Hall–Kier alpha value is -7.27. The maximum Gasteiger partial charge on any atom is 0.408 e. The Morgan fingerprint density at radius 2 is 1.19 bits per heavy atom. The predicted molar refractivity (Wildman–Crippen MR) is 248 cm³/mol. The number of carbonyl (C=O) groups excluding carboxylic acids is 8. The number of phenolic OH excluding ortho intramolecular Hbond substituents is 1. The van der Waals surface area contributed by atoms with Crippen molar-refractivity contribution < 1.29 is 72.7 Å². The standard InChI is InChI=1S/C38H53N7O12.C8H7BrO3/c1-21(2)31(45-37(55)57-38(3,4)5)35(52)44-28(20-56-19-23-9-7-6-8-10-23)34(51)41-25(15-16-29(39)47)32(49)42-26(18-30(40)48)33(50)43-27(36(53)54)17-22-11-13-24(46)14-12-22;9-7-3-1-6(2-4-7)5-12-8(10)11/h6-14,21,25-28,31,46H,15-20H2,1-5H3,(H2,39,47)(H2,40,48)(H,41,51)(H,42,49)(H,43,50)(H,44,52)(H,45,55)(H,53,54);1-4H,5H2,(H,10,11)/p-1/t25-,26-,27-,28-,31-;/m0./s1. The zero-order valence-corrected chi connectivity index (χ0v) is 40.2. The number of primary amides is 2. The summed E-state index contributed by atoms with van der Waals surface area (Å²) in [5, 5.41) is 41.2. The van der Waals surface area contributed by atoms with Crippen molar-refractivity contribution in [3.05, 3.63) is 100 Å². The molecule has 0 aliphatic heterocycles. The van der Waals surface area contributed by atoms with Gasteiger partial charge in [-0.25, -0.2) is 9.59 Å². The molecule has 22 nitrogen and oxygen atoms in total. The summed E-state index contributed by atoms with van der Waals surface area (Å²) < 4.78 is 16.2. The predicted octanol–water partition coefficient (Wildman–Crippen LogP) is 1.17. The number of nitrogens with two attached hydrogens (primary N) is 2. The SMILES string of the molecule is CC(C)[C@H](NC(=O)OC(C)(C)C)C(=O)N[C@@H](COCc1ccccc1)C(=O)N[C@@H](CCC(N)=O)C(=O)N[C@@H](CC(N)=O)C(=O)N[C@@H](Cc1ccc(O)cc1)C(=O)O.O=C([O-])OCc1ccc(Br)cc1. The summed E-state index contributed by atoms with van der Waals surface area (Å²) in [6.07, 6.45) is -4.25. The summed E-state index contributed by atoms with van der Waals surface area (Å²) in [4.78, 5) is 113. The van der Waals surface area contributed by atoms with Crippen molar-refractivity contribution in [2.24, 2.45) is 17.4 Å². The molecule has 376 valence electrons. The molecule has 0 heterocycles. The van der Waals surface area contributed by atoms with E-state index in [1.54, 1.807) is 77.1 Å². The number of rotatable bonds is 24. The minimum Gasteiger partial charge on any atom is -0.545 e. The fourth-order valence-corrected chi connectivity index (χ4v) is 6.12. The number of carbonyl (C=O) groups is 9. The highest BCUT2D eigenvalue weighted by Crippen LogP contribution is 2.14. The topological polar surface area (TPSA) is 357 Å². The lowest BCUT2D eigenvalue weighted by atomic mass is 10.0. The number of phenols is 1. The second-order valence-corrected chi connectivity index (χ2v) is 17.6. The van der Waals surface area contributed by atoms with E-state index in [0.717, 1.165) is 15.6 Å². The van der Waals surface area contributed by atoms with Crippen molar-refractivity contribution >= 4 is 69.6 Å². The van der Waals surface area contributed by atoms with Crippen LogP contribution in [0, 0.1) is 5.92 Å². The molecule has 11 N–H and O–H groups in total. The van der Waals surface area contributed by atoms with Crippen LogP contribution in [0.15, 0.2) is 83.3 Å². The molecule has 0 saturated heterocycles. The number of alkyl carbamates (subject to hydrolysis) is 1. The van der Waals surface area contributed by atoms with Crippen molar-refractivity contribution in [3.8, 4) is 5.75 Å². The Kier molecular flexibility index (Phi) is 24.2. The number of carboxylic acids is 1. The highest BCUT2D eigenvalue weighted by Gasteiger charge is 2.34. The summed E-state index contributed by atoms with van der Waals surface area (Å²) in [5.41, 5.74) is 11.8. The minimum atomic E-state index is -1.74. The molecule has 0 aliphatic rings.